The zero-order chi connectivity index (χ0) is 39.7. The molecule has 0 aliphatic carbocycles. The number of fused-ring (bicyclic) bond motifs is 1. The fourth-order valence-corrected chi connectivity index (χ4v) is 6.32. The molecule has 0 bridgehead atoms. The zero-order valence-corrected chi connectivity index (χ0v) is 28.8. The van der Waals surface area contributed by atoms with Crippen LogP contribution < -0.4 is 10.2 Å². The molecule has 10 N–H and O–H groups in total. The molecule has 4 unspecified atom stereocenters. The number of aromatic hydroxyl groups is 4. The summed E-state index contributed by atoms with van der Waals surface area (Å²) in [5, 5.41) is 106. The van der Waals surface area contributed by atoms with Crippen molar-refractivity contribution in [2.45, 2.75) is 61.2 Å². The number of esters is 1. The van der Waals surface area contributed by atoms with Gasteiger partial charge in [-0.05, 0) is 48.0 Å². The second-order valence-electron chi connectivity index (χ2n) is 12.8. The maximum atomic E-state index is 13.3. The molecule has 2 aliphatic rings. The maximum absolute atomic E-state index is 13.3. The normalized spacial score (nSPS) is 28.3. The van der Waals surface area contributed by atoms with E-state index >= 15 is 0 Å². The van der Waals surface area contributed by atoms with Gasteiger partial charge in [0.05, 0.1) is 19.3 Å². The van der Waals surface area contributed by atoms with E-state index in [9.17, 15) is 60.7 Å². The van der Waals surface area contributed by atoms with Crippen LogP contribution >= 0.6 is 0 Å². The van der Waals surface area contributed by atoms with Gasteiger partial charge in [-0.15, -0.1) is 0 Å². The van der Waals surface area contributed by atoms with Crippen molar-refractivity contribution in [1.29, 1.82) is 0 Å². The summed E-state index contributed by atoms with van der Waals surface area (Å²) in [4.78, 5) is 25.8. The average molecular weight is 771 g/mol. The number of aliphatic hydroxyl groups excluding tert-OH is 6. The number of hydrogen-bond acceptors (Lipinski definition) is 18. The number of aliphatic hydroxyl groups is 6. The van der Waals surface area contributed by atoms with Gasteiger partial charge in [0.2, 0.25) is 0 Å². The van der Waals surface area contributed by atoms with Crippen LogP contribution in [0.3, 0.4) is 0 Å². The smallest absolute Gasteiger partial charge is 0.330 e. The third kappa shape index (κ3) is 7.94. The summed E-state index contributed by atoms with van der Waals surface area (Å²) in [7, 11) is 1.35. The van der Waals surface area contributed by atoms with E-state index in [2.05, 4.69) is 0 Å². The van der Waals surface area contributed by atoms with Crippen LogP contribution in [0.2, 0.25) is 0 Å². The van der Waals surface area contributed by atoms with E-state index in [1.807, 2.05) is 0 Å². The Hall–Kier alpha value is -5.28. The van der Waals surface area contributed by atoms with Crippen molar-refractivity contribution in [3.8, 4) is 40.1 Å². The summed E-state index contributed by atoms with van der Waals surface area (Å²) in [5.41, 5.74) is -0.774. The van der Waals surface area contributed by atoms with Crippen molar-refractivity contribution in [3.05, 3.63) is 82.0 Å². The monoisotopic (exact) mass is 770 g/mol. The van der Waals surface area contributed by atoms with Gasteiger partial charge in [-0.2, -0.15) is 0 Å². The maximum Gasteiger partial charge on any atom is 0.330 e. The van der Waals surface area contributed by atoms with E-state index in [0.29, 0.717) is 11.1 Å². The first kappa shape index (κ1) is 39.4. The summed E-state index contributed by atoms with van der Waals surface area (Å²) in [6, 6.07) is 12.0. The molecule has 1 aromatic heterocycles. The second-order valence-corrected chi connectivity index (χ2v) is 12.8. The highest BCUT2D eigenvalue weighted by Gasteiger charge is 2.52. The van der Waals surface area contributed by atoms with Gasteiger partial charge in [-0.25, -0.2) is 4.79 Å². The lowest BCUT2D eigenvalue weighted by Crippen LogP contribution is -2.63. The van der Waals surface area contributed by atoms with Gasteiger partial charge in [0.1, 0.15) is 95.5 Å². The van der Waals surface area contributed by atoms with Crippen molar-refractivity contribution in [1.82, 2.24) is 0 Å². The van der Waals surface area contributed by atoms with E-state index in [4.69, 9.17) is 28.1 Å². The van der Waals surface area contributed by atoms with Crippen LogP contribution in [0.4, 0.5) is 0 Å². The van der Waals surface area contributed by atoms with E-state index in [0.717, 1.165) is 18.2 Å². The molecule has 2 aliphatic heterocycles. The topological polar surface area (TPSA) is 296 Å². The quantitative estimate of drug-likeness (QED) is 0.0743. The third-order valence-electron chi connectivity index (χ3n) is 9.28. The lowest BCUT2D eigenvalue weighted by molar-refractivity contribution is -0.342. The van der Waals surface area contributed by atoms with E-state index < -0.39 is 108 Å². The molecular weight excluding hydrogens is 732 g/mol. The van der Waals surface area contributed by atoms with Crippen LogP contribution in [0.15, 0.2) is 69.9 Å². The Kier molecular flexibility index (Phi) is 11.6. The molecule has 4 aromatic rings. The molecule has 294 valence electrons. The summed E-state index contributed by atoms with van der Waals surface area (Å²) >= 11 is 0. The van der Waals surface area contributed by atoms with Gasteiger partial charge < -0.3 is 79.2 Å². The number of phenolic OH excluding ortho intramolecular Hbond substituents is 4. The lowest BCUT2D eigenvalue weighted by atomic mass is 9.89. The predicted octanol–water partition coefficient (Wildman–Crippen LogP) is -0.106. The molecule has 0 amide bonds. The van der Waals surface area contributed by atoms with Crippen molar-refractivity contribution in [3.63, 3.8) is 0 Å². The first-order valence-electron chi connectivity index (χ1n) is 16.7. The minimum absolute atomic E-state index is 0.0245. The largest absolute Gasteiger partial charge is 0.508 e. The van der Waals surface area contributed by atoms with Crippen molar-refractivity contribution < 1.29 is 84.0 Å². The van der Waals surface area contributed by atoms with Crippen LogP contribution in [0.25, 0.3) is 28.4 Å². The Morgan fingerprint density at radius 3 is 2.22 bits per heavy atom. The first-order chi connectivity index (χ1) is 26.2. The molecular formula is C37H38O18. The molecule has 0 spiro atoms. The second kappa shape index (κ2) is 16.2. The summed E-state index contributed by atoms with van der Waals surface area (Å²) in [6.07, 6.45) is -16.1. The van der Waals surface area contributed by atoms with Gasteiger partial charge >= 0.3 is 5.97 Å². The number of ether oxygens (including phenoxy) is 5. The number of hydrogen-bond donors (Lipinski definition) is 10. The molecule has 0 radical (unpaired) electrons. The van der Waals surface area contributed by atoms with Gasteiger partial charge in [0.25, 0.3) is 0 Å². The summed E-state index contributed by atoms with van der Waals surface area (Å²) in [5.74, 6) is -2.54. The van der Waals surface area contributed by atoms with Crippen molar-refractivity contribution >= 4 is 23.0 Å². The van der Waals surface area contributed by atoms with Crippen LogP contribution in [-0.4, -0.2) is 132 Å². The van der Waals surface area contributed by atoms with Gasteiger partial charge in [0.15, 0.2) is 23.2 Å². The lowest BCUT2D eigenvalue weighted by Gasteiger charge is -2.46. The highest BCUT2D eigenvalue weighted by molar-refractivity contribution is 5.88. The first-order valence-corrected chi connectivity index (χ1v) is 16.7. The van der Waals surface area contributed by atoms with Gasteiger partial charge in [-0.3, -0.25) is 4.79 Å². The fourth-order valence-electron chi connectivity index (χ4n) is 6.32. The Balaban J connectivity index is 1.26. The molecule has 0 saturated carbocycles. The average Bonchev–Trinajstić information content (AvgIpc) is 3.16. The molecule has 3 aromatic carbocycles. The molecule has 55 heavy (non-hydrogen) atoms. The molecule has 10 atom stereocenters. The van der Waals surface area contributed by atoms with E-state index in [-0.39, 0.29) is 28.6 Å². The van der Waals surface area contributed by atoms with Crippen LogP contribution in [0.5, 0.6) is 28.7 Å². The fraction of sp³-hybridized carbons (Fsp3) is 0.351. The molecule has 6 rings (SSSR count). The Morgan fingerprint density at radius 2 is 1.53 bits per heavy atom. The van der Waals surface area contributed by atoms with Crippen molar-refractivity contribution in [2.24, 2.45) is 0 Å². The Labute approximate surface area is 310 Å². The number of methoxy groups -OCH3 is 1. The Bertz CT molecular complexity index is 2100. The summed E-state index contributed by atoms with van der Waals surface area (Å²) in [6.45, 7) is -1.56. The van der Waals surface area contributed by atoms with E-state index in [1.165, 1.54) is 55.7 Å². The van der Waals surface area contributed by atoms with Gasteiger partial charge in [-0.1, -0.05) is 6.07 Å². The Morgan fingerprint density at radius 1 is 0.818 bits per heavy atom. The van der Waals surface area contributed by atoms with E-state index in [1.54, 1.807) is 0 Å². The molecule has 18 heteroatoms. The zero-order valence-electron chi connectivity index (χ0n) is 28.8. The number of carbonyl (C=O) groups is 1. The molecule has 3 heterocycles. The SMILES string of the molecule is COc1cc(/C=C/C(=O)OCC2O[C@@H](OC3[C@@H](O)[C@H](O)C(CO)O[C@H]3c3c(O)cc4oc(-c5ccc(O)cc5)cc(=O)c4c3O)C(O)[C@@H](O)[C@@H]2O)ccc1O. The standard InChI is InChI=1S/C37H38O18/c1-50-22-10-15(2-8-18(22)40)3-9-26(43)51-14-25-30(45)32(47)34(49)37(54-25)55-36-33(48)29(44)24(13-38)53-35(36)28-20(42)12-23-27(31(28)46)19(41)11-21(52-23)16-4-6-17(39)7-5-16/h2-12,24-25,29-30,32-40,42,44-49H,13-14H2,1H3/b9-3+/t24?,25?,29-,30-,32+,33+,34?,35+,36?,37+/m1/s1. The third-order valence-corrected chi connectivity index (χ3v) is 9.28. The van der Waals surface area contributed by atoms with Crippen LogP contribution in [0, 0.1) is 0 Å². The molecule has 18 nitrogen and oxygen atoms in total. The highest BCUT2D eigenvalue weighted by atomic mass is 16.7. The minimum atomic E-state index is -2.03. The van der Waals surface area contributed by atoms with Crippen LogP contribution in [-0.2, 0) is 23.7 Å². The summed E-state index contributed by atoms with van der Waals surface area (Å²) < 4.78 is 33.2. The minimum Gasteiger partial charge on any atom is -0.508 e. The van der Waals surface area contributed by atoms with Crippen molar-refractivity contribution in [2.75, 3.05) is 20.3 Å². The predicted molar refractivity (Wildman–Crippen MR) is 186 cm³/mol. The highest BCUT2D eigenvalue weighted by Crippen LogP contribution is 2.46. The molecule has 2 saturated heterocycles. The van der Waals surface area contributed by atoms with Crippen LogP contribution in [0.1, 0.15) is 17.2 Å². The number of phenols is 4. The number of rotatable bonds is 10. The molecule has 2 fully saturated rings. The number of carbonyl (C=O) groups excluding carboxylic acids is 1. The number of benzene rings is 3. The van der Waals surface area contributed by atoms with Gasteiger partial charge in [0, 0.05) is 23.8 Å².